The minimum atomic E-state index is 0.424. The second-order valence-electron chi connectivity index (χ2n) is 5.12. The topological polar surface area (TPSA) is 48.1 Å². The van der Waals surface area contributed by atoms with Gasteiger partial charge in [0.15, 0.2) is 0 Å². The summed E-state index contributed by atoms with van der Waals surface area (Å²) >= 11 is 0. The molecule has 0 fully saturated rings. The first-order valence-corrected chi connectivity index (χ1v) is 7.07. The van der Waals surface area contributed by atoms with Crippen molar-refractivity contribution >= 4 is 0 Å². The summed E-state index contributed by atoms with van der Waals surface area (Å²) in [5.74, 6) is 2.19. The molecule has 3 heteroatoms. The number of hydrogen-bond acceptors (Lipinski definition) is 3. The molecule has 1 heterocycles. The Hall–Kier alpha value is -1.87. The van der Waals surface area contributed by atoms with Gasteiger partial charge in [0.2, 0.25) is 0 Å². The third kappa shape index (κ3) is 3.36. The van der Waals surface area contributed by atoms with Crippen LogP contribution >= 0.6 is 0 Å². The molecule has 1 aromatic heterocycles. The van der Waals surface area contributed by atoms with E-state index in [0.29, 0.717) is 12.5 Å². The van der Waals surface area contributed by atoms with Crippen molar-refractivity contribution in [2.75, 3.05) is 0 Å². The number of nitrogens with two attached hydrogens (primary N) is 1. The molecule has 1 atom stereocenters. The van der Waals surface area contributed by atoms with Crippen molar-refractivity contribution in [1.82, 2.24) is 4.98 Å². The number of pyridine rings is 1. The Morgan fingerprint density at radius 1 is 1.25 bits per heavy atom. The summed E-state index contributed by atoms with van der Waals surface area (Å²) in [6, 6.07) is 10.2. The van der Waals surface area contributed by atoms with E-state index in [1.807, 2.05) is 25.1 Å². The molecule has 1 aromatic carbocycles. The summed E-state index contributed by atoms with van der Waals surface area (Å²) in [7, 11) is 0. The lowest BCUT2D eigenvalue weighted by Crippen LogP contribution is -2.01. The molecule has 0 spiro atoms. The van der Waals surface area contributed by atoms with E-state index in [1.165, 1.54) is 5.56 Å². The van der Waals surface area contributed by atoms with Crippen LogP contribution in [0, 0.1) is 6.92 Å². The van der Waals surface area contributed by atoms with Crippen LogP contribution in [-0.4, -0.2) is 4.98 Å². The number of ether oxygens (including phenoxy) is 1. The minimum absolute atomic E-state index is 0.424. The zero-order valence-electron chi connectivity index (χ0n) is 12.4. The molecule has 1 unspecified atom stereocenters. The number of hydrogen-bond donors (Lipinski definition) is 1. The van der Waals surface area contributed by atoms with Crippen molar-refractivity contribution < 1.29 is 4.74 Å². The fraction of sp³-hybridized carbons (Fsp3) is 0.353. The van der Waals surface area contributed by atoms with Crippen LogP contribution in [0.1, 0.15) is 43.0 Å². The average molecular weight is 270 g/mol. The molecule has 2 N–H and O–H groups in total. The van der Waals surface area contributed by atoms with E-state index in [9.17, 15) is 0 Å². The van der Waals surface area contributed by atoms with E-state index < -0.39 is 0 Å². The van der Waals surface area contributed by atoms with E-state index >= 15 is 0 Å². The highest BCUT2D eigenvalue weighted by Gasteiger charge is 2.07. The molecule has 0 bridgehead atoms. The quantitative estimate of drug-likeness (QED) is 0.887. The fourth-order valence-electron chi connectivity index (χ4n) is 2.04. The Morgan fingerprint density at radius 2 is 1.95 bits per heavy atom. The van der Waals surface area contributed by atoms with Crippen molar-refractivity contribution in [1.29, 1.82) is 0 Å². The van der Waals surface area contributed by atoms with Crippen molar-refractivity contribution in [3.8, 4) is 11.5 Å². The maximum atomic E-state index is 5.93. The largest absolute Gasteiger partial charge is 0.457 e. The first-order valence-electron chi connectivity index (χ1n) is 7.07. The molecule has 2 rings (SSSR count). The third-order valence-electron chi connectivity index (χ3n) is 3.59. The molecule has 0 saturated carbocycles. The molecular formula is C17H22N2O. The molecule has 0 radical (unpaired) electrons. The minimum Gasteiger partial charge on any atom is -0.457 e. The van der Waals surface area contributed by atoms with Crippen molar-refractivity contribution in [3.05, 3.63) is 53.3 Å². The van der Waals surface area contributed by atoms with Crippen molar-refractivity contribution in [2.45, 2.75) is 39.7 Å². The predicted molar refractivity (Wildman–Crippen MR) is 82.1 cm³/mol. The number of aryl methyl sites for hydroxylation is 1. The van der Waals surface area contributed by atoms with Gasteiger partial charge in [0.1, 0.15) is 11.5 Å². The predicted octanol–water partition coefficient (Wildman–Crippen LogP) is 4.15. The Labute approximate surface area is 120 Å². The van der Waals surface area contributed by atoms with Crippen LogP contribution in [0.15, 0.2) is 36.5 Å². The molecule has 20 heavy (non-hydrogen) atoms. The number of nitrogens with zero attached hydrogens (tertiary/aromatic N) is 1. The molecule has 0 aliphatic heterocycles. The highest BCUT2D eigenvalue weighted by Crippen LogP contribution is 2.27. The summed E-state index contributed by atoms with van der Waals surface area (Å²) in [6.07, 6.45) is 2.92. The van der Waals surface area contributed by atoms with Gasteiger partial charge < -0.3 is 10.5 Å². The first kappa shape index (κ1) is 14.5. The smallest absolute Gasteiger partial charge is 0.135 e. The van der Waals surface area contributed by atoms with Crippen LogP contribution in [0.25, 0.3) is 0 Å². The molecule has 2 aromatic rings. The molecule has 0 aliphatic carbocycles. The van der Waals surface area contributed by atoms with Crippen molar-refractivity contribution in [2.24, 2.45) is 5.73 Å². The fourth-order valence-corrected chi connectivity index (χ4v) is 2.04. The number of benzene rings is 1. The SMILES string of the molecule is CCC(C)c1ccc(Oc2cc(C)ncc2CN)cc1. The molecule has 0 amide bonds. The van der Waals surface area contributed by atoms with E-state index in [1.54, 1.807) is 6.20 Å². The summed E-state index contributed by atoms with van der Waals surface area (Å²) in [4.78, 5) is 4.24. The lowest BCUT2D eigenvalue weighted by molar-refractivity contribution is 0.474. The molecular weight excluding hydrogens is 248 g/mol. The van der Waals surface area contributed by atoms with Gasteiger partial charge in [-0.2, -0.15) is 0 Å². The van der Waals surface area contributed by atoms with E-state index in [4.69, 9.17) is 10.5 Å². The Bertz CT molecular complexity index is 564. The van der Waals surface area contributed by atoms with E-state index in [2.05, 4.69) is 31.0 Å². The molecule has 106 valence electrons. The van der Waals surface area contributed by atoms with Crippen LogP contribution in [0.3, 0.4) is 0 Å². The van der Waals surface area contributed by atoms with E-state index in [0.717, 1.165) is 29.2 Å². The van der Waals surface area contributed by atoms with Crippen molar-refractivity contribution in [3.63, 3.8) is 0 Å². The number of rotatable bonds is 5. The normalized spacial score (nSPS) is 12.2. The lowest BCUT2D eigenvalue weighted by atomic mass is 9.99. The highest BCUT2D eigenvalue weighted by molar-refractivity contribution is 5.38. The number of aromatic nitrogens is 1. The maximum Gasteiger partial charge on any atom is 0.135 e. The summed E-state index contributed by atoms with van der Waals surface area (Å²) in [5, 5.41) is 0. The van der Waals surface area contributed by atoms with Gasteiger partial charge in [-0.1, -0.05) is 26.0 Å². The summed E-state index contributed by atoms with van der Waals surface area (Å²) < 4.78 is 5.93. The van der Waals surface area contributed by atoms with Gasteiger partial charge >= 0.3 is 0 Å². The van der Waals surface area contributed by atoms with Crippen LogP contribution in [0.4, 0.5) is 0 Å². The monoisotopic (exact) mass is 270 g/mol. The third-order valence-corrected chi connectivity index (χ3v) is 3.59. The molecule has 3 nitrogen and oxygen atoms in total. The van der Waals surface area contributed by atoms with Crippen LogP contribution in [-0.2, 0) is 6.54 Å². The summed E-state index contributed by atoms with van der Waals surface area (Å²) in [5.41, 5.74) is 8.90. The van der Waals surface area contributed by atoms with Gasteiger partial charge in [0.05, 0.1) is 0 Å². The average Bonchev–Trinajstić information content (AvgIpc) is 2.47. The van der Waals surface area contributed by atoms with Crippen LogP contribution < -0.4 is 10.5 Å². The van der Waals surface area contributed by atoms with Crippen LogP contribution in [0.5, 0.6) is 11.5 Å². The highest BCUT2D eigenvalue weighted by atomic mass is 16.5. The van der Waals surface area contributed by atoms with Crippen LogP contribution in [0.2, 0.25) is 0 Å². The second-order valence-corrected chi connectivity index (χ2v) is 5.12. The summed E-state index contributed by atoms with van der Waals surface area (Å²) in [6.45, 7) is 6.80. The van der Waals surface area contributed by atoms with Gasteiger partial charge in [-0.15, -0.1) is 0 Å². The molecule has 0 saturated heterocycles. The lowest BCUT2D eigenvalue weighted by Gasteiger charge is -2.12. The van der Waals surface area contributed by atoms with Gasteiger partial charge in [-0.3, -0.25) is 4.98 Å². The Kier molecular flexibility index (Phi) is 4.74. The molecule has 0 aliphatic rings. The zero-order valence-corrected chi connectivity index (χ0v) is 12.4. The van der Waals surface area contributed by atoms with Gasteiger partial charge in [0, 0.05) is 30.1 Å². The standard InChI is InChI=1S/C17H22N2O/c1-4-12(2)14-5-7-16(8-6-14)20-17-9-13(3)19-11-15(17)10-18/h5-9,11-12H,4,10,18H2,1-3H3. The zero-order chi connectivity index (χ0) is 14.5. The van der Waals surface area contributed by atoms with Gasteiger partial charge in [-0.05, 0) is 37.0 Å². The Balaban J connectivity index is 2.20. The second kappa shape index (κ2) is 6.53. The van der Waals surface area contributed by atoms with Gasteiger partial charge in [-0.25, -0.2) is 0 Å². The Morgan fingerprint density at radius 3 is 2.55 bits per heavy atom. The first-order chi connectivity index (χ1) is 9.63. The van der Waals surface area contributed by atoms with Gasteiger partial charge in [0.25, 0.3) is 0 Å². The maximum absolute atomic E-state index is 5.93. The van der Waals surface area contributed by atoms with E-state index in [-0.39, 0.29) is 0 Å².